The van der Waals surface area contributed by atoms with Gasteiger partial charge in [0.25, 0.3) is 14.9 Å². The van der Waals surface area contributed by atoms with E-state index >= 15 is 0 Å². The first-order valence-corrected chi connectivity index (χ1v) is 5.10. The average molecular weight is 280 g/mol. The molecule has 0 radical (unpaired) electrons. The molecule has 17 heavy (non-hydrogen) atoms. The van der Waals surface area contributed by atoms with Crippen molar-refractivity contribution in [1.82, 2.24) is 0 Å². The monoisotopic (exact) mass is 280 g/mol. The normalized spacial score (nSPS) is 14.2. The fourth-order valence-electron chi connectivity index (χ4n) is 0.980. The summed E-state index contributed by atoms with van der Waals surface area (Å²) in [4.78, 5) is 32.0. The van der Waals surface area contributed by atoms with Crippen LogP contribution in [0.4, 0.5) is 0 Å². The van der Waals surface area contributed by atoms with Crippen molar-refractivity contribution in [3.05, 3.63) is 0 Å². The van der Waals surface area contributed by atoms with Crippen LogP contribution in [0.2, 0.25) is 0 Å². The number of hydrogen-bond donors (Lipinski definition) is 4. The molecular formula is C6H9NaO9S. The Labute approximate surface area is 117 Å². The molecule has 9 nitrogen and oxygen atoms in total. The van der Waals surface area contributed by atoms with Gasteiger partial charge in [-0.15, -0.1) is 0 Å². The molecule has 0 spiro atoms. The summed E-state index contributed by atoms with van der Waals surface area (Å²) in [5.74, 6) is -6.12. The van der Waals surface area contributed by atoms with E-state index in [0.717, 1.165) is 0 Å². The number of aliphatic hydroxyl groups excluding tert-OH is 1. The standard InChI is InChI=1S/C6H8O9S.Na.H/c7-2-3(8)6(5(11)12,1-4(9)10)16(13,14)15;;/h7H,1-2H2,(H,9,10)(H,11,12)(H,13,14,15);;. The Morgan fingerprint density at radius 3 is 1.71 bits per heavy atom. The minimum atomic E-state index is -5.52. The molecule has 0 amide bonds. The fourth-order valence-corrected chi connectivity index (χ4v) is 1.86. The summed E-state index contributed by atoms with van der Waals surface area (Å²) in [6.07, 6.45) is -1.68. The second-order valence-electron chi connectivity index (χ2n) is 2.76. The van der Waals surface area contributed by atoms with E-state index < -0.39 is 45.6 Å². The second-order valence-corrected chi connectivity index (χ2v) is 4.41. The number of aliphatic hydroxyl groups is 1. The summed E-state index contributed by atoms with van der Waals surface area (Å²) in [7, 11) is -5.52. The third-order valence-corrected chi connectivity index (χ3v) is 3.21. The zero-order chi connectivity index (χ0) is 13.1. The van der Waals surface area contributed by atoms with Crippen LogP contribution in [0.3, 0.4) is 0 Å². The van der Waals surface area contributed by atoms with Crippen molar-refractivity contribution in [1.29, 1.82) is 0 Å². The van der Waals surface area contributed by atoms with Gasteiger partial charge in [-0.25, -0.2) is 4.79 Å². The van der Waals surface area contributed by atoms with Crippen molar-refractivity contribution >= 4 is 57.4 Å². The van der Waals surface area contributed by atoms with Crippen molar-refractivity contribution in [2.75, 3.05) is 6.61 Å². The molecule has 1 atom stereocenters. The van der Waals surface area contributed by atoms with Crippen molar-refractivity contribution in [2.45, 2.75) is 11.2 Å². The molecule has 0 aromatic carbocycles. The van der Waals surface area contributed by atoms with E-state index in [-0.39, 0.29) is 29.6 Å². The van der Waals surface area contributed by atoms with Gasteiger partial charge in [-0.05, 0) is 0 Å². The first-order valence-electron chi connectivity index (χ1n) is 3.66. The number of carboxylic acid groups (broad SMARTS) is 2. The molecule has 0 aromatic heterocycles. The van der Waals surface area contributed by atoms with Gasteiger partial charge in [0.2, 0.25) is 0 Å². The summed E-state index contributed by atoms with van der Waals surface area (Å²) in [6.45, 7) is -1.53. The topological polar surface area (TPSA) is 166 Å². The van der Waals surface area contributed by atoms with Crippen LogP contribution in [0, 0.1) is 0 Å². The second kappa shape index (κ2) is 6.42. The Bertz CT molecular complexity index is 427. The van der Waals surface area contributed by atoms with Gasteiger partial charge in [0.05, 0.1) is 6.42 Å². The first kappa shape index (κ1) is 18.8. The fraction of sp³-hybridized carbons (Fsp3) is 0.500. The predicted molar refractivity (Wildman–Crippen MR) is 53.4 cm³/mol. The third-order valence-electron chi connectivity index (χ3n) is 1.78. The van der Waals surface area contributed by atoms with Crippen molar-refractivity contribution in [3.8, 4) is 0 Å². The van der Waals surface area contributed by atoms with Gasteiger partial charge in [-0.3, -0.25) is 14.1 Å². The summed E-state index contributed by atoms with van der Waals surface area (Å²) < 4.78 is 26.7. The van der Waals surface area contributed by atoms with Crippen molar-refractivity contribution in [2.24, 2.45) is 0 Å². The zero-order valence-corrected chi connectivity index (χ0v) is 8.47. The van der Waals surface area contributed by atoms with Gasteiger partial charge in [0.1, 0.15) is 6.61 Å². The number of ketones is 1. The number of hydrogen-bond acceptors (Lipinski definition) is 6. The molecule has 0 aliphatic heterocycles. The number of aliphatic carboxylic acids is 2. The van der Waals surface area contributed by atoms with Crippen LogP contribution in [0.5, 0.6) is 0 Å². The van der Waals surface area contributed by atoms with Gasteiger partial charge in [-0.2, -0.15) is 8.42 Å². The summed E-state index contributed by atoms with van der Waals surface area (Å²) in [5, 5.41) is 25.3. The Hall–Kier alpha value is -0.520. The Morgan fingerprint density at radius 1 is 1.12 bits per heavy atom. The van der Waals surface area contributed by atoms with E-state index in [9.17, 15) is 22.8 Å². The summed E-state index contributed by atoms with van der Waals surface area (Å²) in [5.41, 5.74) is 0. The molecule has 11 heteroatoms. The van der Waals surface area contributed by atoms with Crippen LogP contribution in [0.15, 0.2) is 0 Å². The molecule has 0 saturated carbocycles. The van der Waals surface area contributed by atoms with E-state index in [1.807, 2.05) is 0 Å². The van der Waals surface area contributed by atoms with Gasteiger partial charge in [0.15, 0.2) is 5.78 Å². The molecule has 4 N–H and O–H groups in total. The van der Waals surface area contributed by atoms with Gasteiger partial charge < -0.3 is 15.3 Å². The predicted octanol–water partition coefficient (Wildman–Crippen LogP) is -2.91. The van der Waals surface area contributed by atoms with Crippen molar-refractivity contribution in [3.63, 3.8) is 0 Å². The Kier molecular flexibility index (Phi) is 7.12. The number of rotatable bonds is 6. The van der Waals surface area contributed by atoms with Gasteiger partial charge in [-0.1, -0.05) is 0 Å². The number of carbonyl (C=O) groups excluding carboxylic acids is 1. The van der Waals surface area contributed by atoms with Crippen LogP contribution < -0.4 is 0 Å². The SMILES string of the molecule is O=C(O)CC(C(=O)O)(C(=O)CO)S(=O)(=O)O.[NaH]. The molecule has 0 bridgehead atoms. The van der Waals surface area contributed by atoms with Crippen LogP contribution in [0.25, 0.3) is 0 Å². The molecule has 0 aliphatic carbocycles. The average Bonchev–Trinajstić information content (AvgIpc) is 2.09. The summed E-state index contributed by atoms with van der Waals surface area (Å²) in [6, 6.07) is 0. The Balaban J connectivity index is 0. The molecule has 94 valence electrons. The van der Waals surface area contributed by atoms with Gasteiger partial charge >= 0.3 is 41.5 Å². The minimum absolute atomic E-state index is 0. The molecule has 0 fully saturated rings. The van der Waals surface area contributed by atoms with E-state index in [0.29, 0.717) is 0 Å². The molecule has 0 saturated heterocycles. The zero-order valence-electron chi connectivity index (χ0n) is 7.65. The van der Waals surface area contributed by atoms with Crippen molar-refractivity contribution < 1.29 is 42.7 Å². The molecule has 0 aliphatic rings. The van der Waals surface area contributed by atoms with Crippen LogP contribution in [-0.2, 0) is 24.5 Å². The maximum absolute atomic E-state index is 11.0. The number of carboxylic acids is 2. The Morgan fingerprint density at radius 2 is 1.53 bits per heavy atom. The first-order chi connectivity index (χ1) is 7.09. The molecule has 1 unspecified atom stereocenters. The van der Waals surface area contributed by atoms with Crippen LogP contribution >= 0.6 is 0 Å². The summed E-state index contributed by atoms with van der Waals surface area (Å²) >= 11 is 0. The number of carbonyl (C=O) groups is 3. The quantitative estimate of drug-likeness (QED) is 0.226. The van der Waals surface area contributed by atoms with Crippen LogP contribution in [0.1, 0.15) is 6.42 Å². The van der Waals surface area contributed by atoms with E-state index in [4.69, 9.17) is 19.9 Å². The van der Waals surface area contributed by atoms with E-state index in [1.165, 1.54) is 0 Å². The maximum atomic E-state index is 11.0. The molecule has 0 heterocycles. The molecule has 0 aromatic rings. The third kappa shape index (κ3) is 3.72. The van der Waals surface area contributed by atoms with Crippen LogP contribution in [-0.4, -0.2) is 86.9 Å². The number of Topliss-reactive ketones (excluding diaryl/α,β-unsaturated/α-hetero) is 1. The van der Waals surface area contributed by atoms with E-state index in [2.05, 4.69) is 0 Å². The van der Waals surface area contributed by atoms with Gasteiger partial charge in [0, 0.05) is 0 Å². The molecular weight excluding hydrogens is 271 g/mol. The van der Waals surface area contributed by atoms with E-state index in [1.54, 1.807) is 0 Å². The molecule has 0 rings (SSSR count).